The quantitative estimate of drug-likeness (QED) is 0.511. The van der Waals surface area contributed by atoms with Crippen LogP contribution in [0.2, 0.25) is 0 Å². The molecule has 0 aliphatic carbocycles. The molecular formula is C24H22F3N5O3. The van der Waals surface area contributed by atoms with Crippen LogP contribution in [-0.4, -0.2) is 39.6 Å². The monoisotopic (exact) mass is 485 g/mol. The average molecular weight is 485 g/mol. The number of halogens is 3. The molecule has 0 saturated carbocycles. The molecule has 0 spiro atoms. The van der Waals surface area contributed by atoms with Crippen LogP contribution in [-0.2, 0) is 13.0 Å². The number of hydrogen-bond acceptors (Lipinski definition) is 6. The van der Waals surface area contributed by atoms with E-state index in [9.17, 15) is 27.9 Å². The van der Waals surface area contributed by atoms with Crippen LogP contribution in [0.25, 0.3) is 11.0 Å². The van der Waals surface area contributed by atoms with Gasteiger partial charge in [0.2, 0.25) is 0 Å². The lowest BCUT2D eigenvalue weighted by atomic mass is 9.96. The second-order valence-electron chi connectivity index (χ2n) is 9.16. The van der Waals surface area contributed by atoms with E-state index in [0.717, 1.165) is 4.57 Å². The summed E-state index contributed by atoms with van der Waals surface area (Å²) < 4.78 is 43.3. The Morgan fingerprint density at radius 1 is 1.34 bits per heavy atom. The maximum absolute atomic E-state index is 14.6. The number of pyridine rings is 2. The molecule has 1 aliphatic heterocycles. The summed E-state index contributed by atoms with van der Waals surface area (Å²) in [5.41, 5.74) is -1.75. The van der Waals surface area contributed by atoms with Crippen LogP contribution >= 0.6 is 0 Å². The first-order chi connectivity index (χ1) is 16.4. The molecule has 8 nitrogen and oxygen atoms in total. The third kappa shape index (κ3) is 4.64. The number of amides is 1. The predicted molar refractivity (Wildman–Crippen MR) is 122 cm³/mol. The maximum Gasteiger partial charge on any atom is 0.282 e. The number of carbonyl (C=O) groups excluding carboxylic acids is 1. The Labute approximate surface area is 198 Å². The van der Waals surface area contributed by atoms with Gasteiger partial charge in [-0.25, -0.2) is 13.2 Å². The molecule has 0 atom stereocenters. The molecule has 1 amide bonds. The van der Waals surface area contributed by atoms with E-state index >= 15 is 0 Å². The highest BCUT2D eigenvalue weighted by Gasteiger charge is 2.37. The number of aromatic hydroxyl groups is 1. The molecule has 3 N–H and O–H groups in total. The molecule has 1 aromatic carbocycles. The first-order valence-electron chi connectivity index (χ1n) is 10.8. The summed E-state index contributed by atoms with van der Waals surface area (Å²) in [5, 5.41) is 25.1. The van der Waals surface area contributed by atoms with Crippen LogP contribution in [0, 0.1) is 22.6 Å². The molecule has 182 valence electrons. The summed E-state index contributed by atoms with van der Waals surface area (Å²) in [5.74, 6) is -5.52. The first kappa shape index (κ1) is 24.1. The van der Waals surface area contributed by atoms with E-state index in [1.807, 2.05) is 6.07 Å². The van der Waals surface area contributed by atoms with E-state index in [2.05, 4.69) is 15.6 Å². The molecule has 1 aliphatic rings. The molecule has 3 aromatic rings. The van der Waals surface area contributed by atoms with Gasteiger partial charge >= 0.3 is 0 Å². The highest BCUT2D eigenvalue weighted by Crippen LogP contribution is 2.36. The molecule has 0 bridgehead atoms. The number of hydrogen-bond donors (Lipinski definition) is 3. The summed E-state index contributed by atoms with van der Waals surface area (Å²) in [6.45, 7) is 1.18. The van der Waals surface area contributed by atoms with Gasteiger partial charge in [-0.1, -0.05) is 12.1 Å². The molecule has 2 aromatic heterocycles. The summed E-state index contributed by atoms with van der Waals surface area (Å²) in [6, 6.07) is 7.61. The van der Waals surface area contributed by atoms with E-state index in [4.69, 9.17) is 5.26 Å². The van der Waals surface area contributed by atoms with Crippen molar-refractivity contribution in [2.75, 3.05) is 18.4 Å². The topological polar surface area (TPSA) is 120 Å². The molecule has 0 radical (unpaired) electrons. The zero-order valence-electron chi connectivity index (χ0n) is 19.0. The fourth-order valence-corrected chi connectivity index (χ4v) is 3.87. The van der Waals surface area contributed by atoms with E-state index in [1.54, 1.807) is 13.8 Å². The van der Waals surface area contributed by atoms with Gasteiger partial charge in [0.1, 0.15) is 16.9 Å². The van der Waals surface area contributed by atoms with E-state index in [1.165, 1.54) is 30.5 Å². The highest BCUT2D eigenvalue weighted by atomic mass is 19.3. The summed E-state index contributed by atoms with van der Waals surface area (Å²) in [4.78, 5) is 30.2. The zero-order chi connectivity index (χ0) is 25.5. The SMILES string of the molecule is CC(C)(C#N)CNC(=O)c1c(O)c2ncc(Cc3ccc(F)cc3)c3c2n(c1=O)CC(F)(F)CN3. The van der Waals surface area contributed by atoms with Crippen molar-refractivity contribution in [1.29, 1.82) is 5.26 Å². The minimum absolute atomic E-state index is 0.0572. The number of benzene rings is 1. The number of rotatable bonds is 5. The van der Waals surface area contributed by atoms with Crippen molar-refractivity contribution >= 4 is 22.6 Å². The molecule has 3 heterocycles. The second-order valence-corrected chi connectivity index (χ2v) is 9.16. The molecule has 35 heavy (non-hydrogen) atoms. The summed E-state index contributed by atoms with van der Waals surface area (Å²) in [7, 11) is 0. The largest absolute Gasteiger partial charge is 0.505 e. The Bertz CT molecular complexity index is 1430. The van der Waals surface area contributed by atoms with Gasteiger partial charge in [-0.15, -0.1) is 0 Å². The van der Waals surface area contributed by atoms with Crippen molar-refractivity contribution in [2.45, 2.75) is 32.7 Å². The van der Waals surface area contributed by atoms with Gasteiger partial charge in [0.25, 0.3) is 17.4 Å². The lowest BCUT2D eigenvalue weighted by molar-refractivity contribution is -0.000937. The van der Waals surface area contributed by atoms with Crippen molar-refractivity contribution in [2.24, 2.45) is 5.41 Å². The minimum atomic E-state index is -3.35. The van der Waals surface area contributed by atoms with Gasteiger partial charge in [0.15, 0.2) is 5.75 Å². The molecule has 0 fully saturated rings. The van der Waals surface area contributed by atoms with Crippen LogP contribution in [0.4, 0.5) is 18.9 Å². The number of aromatic nitrogens is 2. The van der Waals surface area contributed by atoms with Crippen LogP contribution in [0.5, 0.6) is 5.75 Å². The predicted octanol–water partition coefficient (Wildman–Crippen LogP) is 3.17. The van der Waals surface area contributed by atoms with E-state index < -0.39 is 53.0 Å². The Balaban J connectivity index is 1.88. The third-order valence-electron chi connectivity index (χ3n) is 5.76. The Hall–Kier alpha value is -4.07. The molecule has 4 rings (SSSR count). The first-order valence-corrected chi connectivity index (χ1v) is 10.8. The van der Waals surface area contributed by atoms with Crippen molar-refractivity contribution < 1.29 is 23.1 Å². The Kier molecular flexibility index (Phi) is 5.92. The summed E-state index contributed by atoms with van der Waals surface area (Å²) >= 11 is 0. The summed E-state index contributed by atoms with van der Waals surface area (Å²) in [6.07, 6.45) is 1.55. The van der Waals surface area contributed by atoms with Crippen LogP contribution in [0.15, 0.2) is 35.3 Å². The van der Waals surface area contributed by atoms with Crippen molar-refractivity contribution in [1.82, 2.24) is 14.9 Å². The number of nitriles is 1. The maximum atomic E-state index is 14.6. The standard InChI is InChI=1S/C24H22F3N5O3/c1-23(2,9-28)10-31-21(34)16-20(33)18-19-17(30-11-24(26,27)12-32(19)22(16)35)14(8-29-18)7-13-3-5-15(25)6-4-13/h3-6,8,30,33H,7,10-12H2,1-2H3,(H,31,34). The Morgan fingerprint density at radius 3 is 2.69 bits per heavy atom. The van der Waals surface area contributed by atoms with Gasteiger partial charge in [-0.05, 0) is 31.5 Å². The lowest BCUT2D eigenvalue weighted by Crippen LogP contribution is -2.39. The molecule has 11 heteroatoms. The highest BCUT2D eigenvalue weighted by molar-refractivity contribution is 6.04. The van der Waals surface area contributed by atoms with Crippen molar-refractivity contribution in [3.05, 3.63) is 63.3 Å². The molecule has 0 unspecified atom stereocenters. The van der Waals surface area contributed by atoms with Crippen LogP contribution in [0.3, 0.4) is 0 Å². The van der Waals surface area contributed by atoms with Gasteiger partial charge in [-0.3, -0.25) is 19.1 Å². The second kappa shape index (κ2) is 8.61. The van der Waals surface area contributed by atoms with Crippen LogP contribution < -0.4 is 16.2 Å². The lowest BCUT2D eigenvalue weighted by Gasteiger charge is -2.19. The van der Waals surface area contributed by atoms with Crippen molar-refractivity contribution in [3.8, 4) is 11.8 Å². The number of carbonyl (C=O) groups is 1. The molecular weight excluding hydrogens is 463 g/mol. The average Bonchev–Trinajstić information content (AvgIpc) is 2.95. The van der Waals surface area contributed by atoms with E-state index in [-0.39, 0.29) is 29.7 Å². The van der Waals surface area contributed by atoms with Gasteiger partial charge in [-0.2, -0.15) is 5.26 Å². The smallest absolute Gasteiger partial charge is 0.282 e. The fraction of sp³-hybridized carbons (Fsp3) is 0.333. The van der Waals surface area contributed by atoms with Gasteiger partial charge in [0.05, 0.1) is 35.8 Å². The third-order valence-corrected chi connectivity index (χ3v) is 5.76. The number of nitrogens with zero attached hydrogens (tertiary/aromatic N) is 3. The normalized spacial score (nSPS) is 14.6. The fourth-order valence-electron chi connectivity index (χ4n) is 3.87. The van der Waals surface area contributed by atoms with Gasteiger partial charge in [0, 0.05) is 24.7 Å². The molecule has 0 saturated heterocycles. The van der Waals surface area contributed by atoms with E-state index in [0.29, 0.717) is 11.1 Å². The zero-order valence-corrected chi connectivity index (χ0v) is 19.0. The van der Waals surface area contributed by atoms with Crippen LogP contribution in [0.1, 0.15) is 35.3 Å². The minimum Gasteiger partial charge on any atom is -0.505 e. The van der Waals surface area contributed by atoms with Gasteiger partial charge < -0.3 is 15.7 Å². The Morgan fingerprint density at radius 2 is 2.03 bits per heavy atom. The van der Waals surface area contributed by atoms with Crippen molar-refractivity contribution in [3.63, 3.8) is 0 Å². The number of anilines is 1. The number of alkyl halides is 2. The number of nitrogens with one attached hydrogen (secondary N) is 2.